The summed E-state index contributed by atoms with van der Waals surface area (Å²) in [5, 5.41) is 13.2. The Kier molecular flexibility index (Phi) is 5.19. The van der Waals surface area contributed by atoms with E-state index in [1.165, 1.54) is 18.2 Å². The van der Waals surface area contributed by atoms with Crippen LogP contribution in [-0.2, 0) is 0 Å². The van der Waals surface area contributed by atoms with Gasteiger partial charge in [-0.3, -0.25) is 0 Å². The summed E-state index contributed by atoms with van der Waals surface area (Å²) in [5.41, 5.74) is 0.555. The smallest absolute Gasteiger partial charge is 0.124 e. The molecule has 0 fully saturated rings. The first-order chi connectivity index (χ1) is 7.50. The summed E-state index contributed by atoms with van der Waals surface area (Å²) in [5.74, 6) is 0.131. The SMILES string of the molecule is CC(C)CNCC(O)c1ccc(F)cc1Cl. The first-order valence-electron chi connectivity index (χ1n) is 5.34. The minimum atomic E-state index is -0.702. The molecular weight excluding hydrogens is 229 g/mol. The minimum absolute atomic E-state index is 0.263. The number of hydrogen-bond donors (Lipinski definition) is 2. The predicted octanol–water partition coefficient (Wildman–Crippen LogP) is 2.76. The molecule has 0 heterocycles. The number of halogens is 2. The van der Waals surface area contributed by atoms with Crippen molar-refractivity contribution < 1.29 is 9.50 Å². The van der Waals surface area contributed by atoms with Gasteiger partial charge < -0.3 is 10.4 Å². The Balaban J connectivity index is 2.55. The Labute approximate surface area is 100 Å². The molecule has 0 bridgehead atoms. The standard InChI is InChI=1S/C12H17ClFNO/c1-8(2)6-15-7-12(16)10-4-3-9(14)5-11(10)13/h3-5,8,12,15-16H,6-7H2,1-2H3. The zero-order valence-electron chi connectivity index (χ0n) is 9.50. The molecule has 90 valence electrons. The third-order valence-electron chi connectivity index (χ3n) is 2.21. The van der Waals surface area contributed by atoms with E-state index in [2.05, 4.69) is 19.2 Å². The van der Waals surface area contributed by atoms with Crippen molar-refractivity contribution in [1.29, 1.82) is 0 Å². The molecule has 2 nitrogen and oxygen atoms in total. The summed E-state index contributed by atoms with van der Waals surface area (Å²) in [7, 11) is 0. The summed E-state index contributed by atoms with van der Waals surface area (Å²) in [6.07, 6.45) is -0.702. The van der Waals surface area contributed by atoms with Crippen LogP contribution in [0.25, 0.3) is 0 Å². The zero-order chi connectivity index (χ0) is 12.1. The van der Waals surface area contributed by atoms with Crippen LogP contribution in [0.15, 0.2) is 18.2 Å². The van der Waals surface area contributed by atoms with E-state index in [1.54, 1.807) is 0 Å². The maximum absolute atomic E-state index is 12.8. The molecule has 0 radical (unpaired) electrons. The highest BCUT2D eigenvalue weighted by molar-refractivity contribution is 6.31. The maximum Gasteiger partial charge on any atom is 0.124 e. The van der Waals surface area contributed by atoms with Crippen LogP contribution < -0.4 is 5.32 Å². The van der Waals surface area contributed by atoms with Gasteiger partial charge in [-0.05, 0) is 24.6 Å². The monoisotopic (exact) mass is 245 g/mol. The predicted molar refractivity (Wildman–Crippen MR) is 64.1 cm³/mol. The molecule has 0 aliphatic carbocycles. The summed E-state index contributed by atoms with van der Waals surface area (Å²) in [4.78, 5) is 0. The van der Waals surface area contributed by atoms with E-state index in [0.29, 0.717) is 18.0 Å². The van der Waals surface area contributed by atoms with Crippen molar-refractivity contribution in [3.8, 4) is 0 Å². The molecule has 0 saturated heterocycles. The molecule has 2 N–H and O–H groups in total. The highest BCUT2D eigenvalue weighted by Crippen LogP contribution is 2.23. The lowest BCUT2D eigenvalue weighted by molar-refractivity contribution is 0.173. The first-order valence-corrected chi connectivity index (χ1v) is 5.72. The molecule has 1 rings (SSSR count). The number of hydrogen-bond acceptors (Lipinski definition) is 2. The highest BCUT2D eigenvalue weighted by atomic mass is 35.5. The molecule has 1 aromatic rings. The Morgan fingerprint density at radius 2 is 2.06 bits per heavy atom. The zero-order valence-corrected chi connectivity index (χ0v) is 10.3. The van der Waals surface area contributed by atoms with Gasteiger partial charge in [0, 0.05) is 17.1 Å². The molecule has 1 unspecified atom stereocenters. The maximum atomic E-state index is 12.8. The fourth-order valence-electron chi connectivity index (χ4n) is 1.39. The lowest BCUT2D eigenvalue weighted by Gasteiger charge is -2.14. The van der Waals surface area contributed by atoms with Gasteiger partial charge in [-0.2, -0.15) is 0 Å². The lowest BCUT2D eigenvalue weighted by atomic mass is 10.1. The second kappa shape index (κ2) is 6.18. The number of rotatable bonds is 5. The molecule has 0 saturated carbocycles. The number of nitrogens with one attached hydrogen (secondary N) is 1. The van der Waals surface area contributed by atoms with Crippen molar-refractivity contribution in [2.45, 2.75) is 20.0 Å². The topological polar surface area (TPSA) is 32.3 Å². The fraction of sp³-hybridized carbons (Fsp3) is 0.500. The van der Waals surface area contributed by atoms with E-state index < -0.39 is 11.9 Å². The molecule has 16 heavy (non-hydrogen) atoms. The lowest BCUT2D eigenvalue weighted by Crippen LogP contribution is -2.25. The van der Waals surface area contributed by atoms with Crippen molar-refractivity contribution in [1.82, 2.24) is 5.32 Å². The van der Waals surface area contributed by atoms with Gasteiger partial charge in [0.05, 0.1) is 6.10 Å². The van der Waals surface area contributed by atoms with Crippen LogP contribution in [0.3, 0.4) is 0 Å². The van der Waals surface area contributed by atoms with E-state index in [1.807, 2.05) is 0 Å². The molecule has 0 aliphatic heterocycles. The second-order valence-electron chi connectivity index (χ2n) is 4.23. The van der Waals surface area contributed by atoms with Crippen molar-refractivity contribution in [3.63, 3.8) is 0 Å². The van der Waals surface area contributed by atoms with Crippen molar-refractivity contribution >= 4 is 11.6 Å². The van der Waals surface area contributed by atoms with Crippen LogP contribution in [0.1, 0.15) is 25.5 Å². The fourth-order valence-corrected chi connectivity index (χ4v) is 1.68. The van der Waals surface area contributed by atoms with Crippen LogP contribution >= 0.6 is 11.6 Å². The van der Waals surface area contributed by atoms with E-state index >= 15 is 0 Å². The number of aliphatic hydroxyl groups excluding tert-OH is 1. The van der Waals surface area contributed by atoms with Crippen LogP contribution in [-0.4, -0.2) is 18.2 Å². The average molecular weight is 246 g/mol. The molecular formula is C12H17ClFNO. The van der Waals surface area contributed by atoms with Gasteiger partial charge in [0.15, 0.2) is 0 Å². The highest BCUT2D eigenvalue weighted by Gasteiger charge is 2.11. The van der Waals surface area contributed by atoms with E-state index in [-0.39, 0.29) is 5.02 Å². The summed E-state index contributed by atoms with van der Waals surface area (Å²) >= 11 is 5.84. The molecule has 0 amide bonds. The van der Waals surface area contributed by atoms with Gasteiger partial charge >= 0.3 is 0 Å². The number of benzene rings is 1. The minimum Gasteiger partial charge on any atom is -0.387 e. The second-order valence-corrected chi connectivity index (χ2v) is 4.64. The van der Waals surface area contributed by atoms with Crippen LogP contribution in [0.2, 0.25) is 5.02 Å². The Bertz CT molecular complexity index is 344. The molecule has 1 aromatic carbocycles. The third-order valence-corrected chi connectivity index (χ3v) is 2.54. The molecule has 0 aliphatic rings. The van der Waals surface area contributed by atoms with Crippen LogP contribution in [0.5, 0.6) is 0 Å². The van der Waals surface area contributed by atoms with Gasteiger partial charge in [0.1, 0.15) is 5.82 Å². The first kappa shape index (κ1) is 13.4. The van der Waals surface area contributed by atoms with Crippen LogP contribution in [0.4, 0.5) is 4.39 Å². The van der Waals surface area contributed by atoms with Gasteiger partial charge in [-0.1, -0.05) is 31.5 Å². The normalized spacial score (nSPS) is 13.1. The Morgan fingerprint density at radius 3 is 2.62 bits per heavy atom. The Hall–Kier alpha value is -0.640. The van der Waals surface area contributed by atoms with Crippen molar-refractivity contribution in [2.24, 2.45) is 5.92 Å². The molecule has 1 atom stereocenters. The molecule has 4 heteroatoms. The van der Waals surface area contributed by atoms with Crippen molar-refractivity contribution in [3.05, 3.63) is 34.6 Å². The van der Waals surface area contributed by atoms with Gasteiger partial charge in [0.25, 0.3) is 0 Å². The largest absolute Gasteiger partial charge is 0.387 e. The summed E-state index contributed by atoms with van der Waals surface area (Å²) < 4.78 is 12.8. The summed E-state index contributed by atoms with van der Waals surface area (Å²) in [6.45, 7) is 5.42. The Morgan fingerprint density at radius 1 is 1.38 bits per heavy atom. The van der Waals surface area contributed by atoms with Crippen molar-refractivity contribution in [2.75, 3.05) is 13.1 Å². The quantitative estimate of drug-likeness (QED) is 0.836. The third kappa shape index (κ3) is 4.08. The molecule has 0 aromatic heterocycles. The number of aliphatic hydroxyl groups is 1. The van der Waals surface area contributed by atoms with E-state index in [4.69, 9.17) is 11.6 Å². The van der Waals surface area contributed by atoms with Gasteiger partial charge in [-0.15, -0.1) is 0 Å². The van der Waals surface area contributed by atoms with E-state index in [9.17, 15) is 9.50 Å². The van der Waals surface area contributed by atoms with Crippen LogP contribution in [0, 0.1) is 11.7 Å². The van der Waals surface area contributed by atoms with Gasteiger partial charge in [0.2, 0.25) is 0 Å². The average Bonchev–Trinajstić information content (AvgIpc) is 2.16. The molecule has 0 spiro atoms. The van der Waals surface area contributed by atoms with Gasteiger partial charge in [-0.25, -0.2) is 4.39 Å². The van der Waals surface area contributed by atoms with E-state index in [0.717, 1.165) is 6.54 Å². The summed E-state index contributed by atoms with van der Waals surface area (Å²) in [6, 6.07) is 4.02.